The molecule has 2 aromatic heterocycles. The molecule has 13 heteroatoms. The molecule has 1 atom stereocenters. The molecule has 1 aliphatic carbocycles. The molecule has 10 nitrogen and oxygen atoms in total. The number of nitrogens with zero attached hydrogens (tertiary/aromatic N) is 6. The predicted octanol–water partition coefficient (Wildman–Crippen LogP) is 4.87. The molecule has 6 rings (SSSR count). The first-order valence-electron chi connectivity index (χ1n) is 14.3. The average Bonchev–Trinajstić information content (AvgIpc) is 3.43. The molecule has 2 fully saturated rings. The van der Waals surface area contributed by atoms with Gasteiger partial charge in [-0.25, -0.2) is 23.4 Å². The topological polar surface area (TPSA) is 135 Å². The number of fused-ring (bicyclic) bond motifs is 1. The number of nitrogens with one attached hydrogen (secondary N) is 1. The Labute approximate surface area is 250 Å². The van der Waals surface area contributed by atoms with Crippen molar-refractivity contribution < 1.29 is 22.7 Å². The highest BCUT2D eigenvalue weighted by molar-refractivity contribution is 5.99. The quantitative estimate of drug-likeness (QED) is 0.205. The van der Waals surface area contributed by atoms with Crippen LogP contribution >= 0.6 is 0 Å². The van der Waals surface area contributed by atoms with Gasteiger partial charge in [-0.2, -0.15) is 14.8 Å². The van der Waals surface area contributed by atoms with Gasteiger partial charge in [0, 0.05) is 23.7 Å². The molecule has 2 aliphatic rings. The van der Waals surface area contributed by atoms with Crippen molar-refractivity contribution >= 4 is 22.8 Å². The first-order chi connectivity index (χ1) is 21.2. The highest BCUT2D eigenvalue weighted by atomic mass is 19.2. The van der Waals surface area contributed by atoms with Crippen molar-refractivity contribution in [1.29, 1.82) is 5.26 Å². The molecule has 2 aromatic carbocycles. The van der Waals surface area contributed by atoms with E-state index in [2.05, 4.69) is 26.5 Å². The number of rotatable bonds is 9. The van der Waals surface area contributed by atoms with Gasteiger partial charge in [0.15, 0.2) is 17.2 Å². The summed E-state index contributed by atoms with van der Waals surface area (Å²) in [5.74, 6) is -3.70. The lowest BCUT2D eigenvalue weighted by atomic mass is 10.1. The molecule has 4 aromatic rings. The van der Waals surface area contributed by atoms with Gasteiger partial charge in [0.1, 0.15) is 41.0 Å². The van der Waals surface area contributed by atoms with Gasteiger partial charge in [-0.15, -0.1) is 0 Å². The van der Waals surface area contributed by atoms with Crippen LogP contribution in [0.25, 0.3) is 22.3 Å². The average molecular weight is 603 g/mol. The number of likely N-dealkylation sites (tertiary alicyclic amines) is 1. The summed E-state index contributed by atoms with van der Waals surface area (Å²) in [7, 11) is 0. The van der Waals surface area contributed by atoms with Crippen LogP contribution in [-0.2, 0) is 11.3 Å². The number of carbonyl (C=O) groups excluding carboxylic acids is 1. The summed E-state index contributed by atoms with van der Waals surface area (Å²) >= 11 is 0. The van der Waals surface area contributed by atoms with Crippen molar-refractivity contribution in [3.05, 3.63) is 71.8 Å². The first-order valence-corrected chi connectivity index (χ1v) is 14.3. The minimum absolute atomic E-state index is 0.0488. The number of nitrogens with two attached hydrogens (primary N) is 1. The Hall–Kier alpha value is -4.96. The number of benzene rings is 2. The lowest BCUT2D eigenvalue weighted by Gasteiger charge is -2.25. The van der Waals surface area contributed by atoms with Crippen molar-refractivity contribution in [2.75, 3.05) is 18.8 Å². The van der Waals surface area contributed by atoms with E-state index in [0.29, 0.717) is 24.0 Å². The van der Waals surface area contributed by atoms with Crippen LogP contribution in [-0.4, -0.2) is 55.2 Å². The van der Waals surface area contributed by atoms with Crippen molar-refractivity contribution in [1.82, 2.24) is 30.0 Å². The van der Waals surface area contributed by atoms with Gasteiger partial charge in [0.2, 0.25) is 5.82 Å². The zero-order valence-corrected chi connectivity index (χ0v) is 23.9. The largest absolute Gasteiger partial charge is 0.454 e. The van der Waals surface area contributed by atoms with E-state index in [1.807, 2.05) is 6.92 Å². The summed E-state index contributed by atoms with van der Waals surface area (Å²) in [6, 6.07) is 9.11. The smallest absolute Gasteiger partial charge is 0.264 e. The summed E-state index contributed by atoms with van der Waals surface area (Å²) in [5, 5.41) is 18.2. The van der Waals surface area contributed by atoms with Crippen molar-refractivity contribution in [2.24, 2.45) is 0 Å². The van der Waals surface area contributed by atoms with E-state index < -0.39 is 17.5 Å². The molecule has 0 radical (unpaired) electrons. The van der Waals surface area contributed by atoms with Crippen LogP contribution in [0.2, 0.25) is 0 Å². The number of carbonyl (C=O) groups is 1. The summed E-state index contributed by atoms with van der Waals surface area (Å²) < 4.78 is 50.1. The molecule has 1 aliphatic heterocycles. The van der Waals surface area contributed by atoms with E-state index in [1.165, 1.54) is 30.6 Å². The zero-order valence-electron chi connectivity index (χ0n) is 23.9. The first kappa shape index (κ1) is 29.1. The Kier molecular flexibility index (Phi) is 7.69. The minimum Gasteiger partial charge on any atom is -0.454 e. The van der Waals surface area contributed by atoms with Gasteiger partial charge in [-0.3, -0.25) is 4.79 Å². The van der Waals surface area contributed by atoms with Crippen LogP contribution in [0.1, 0.15) is 32.6 Å². The fraction of sp³-hybridized carbons (Fsp3) is 0.323. The SMILES string of the molecule is CCNC1(C=C(C#N)C(=O)N2CCC[C@H]2Cn2nc(-c3ccc(Oc4cccc(F)c4F)cc3F)c3c(N)ncnc32)CC1. The van der Waals surface area contributed by atoms with Gasteiger partial charge >= 0.3 is 0 Å². The highest BCUT2D eigenvalue weighted by Crippen LogP contribution is 2.38. The molecule has 0 bridgehead atoms. The molecular formula is C31H29F3N8O2. The number of amides is 1. The molecule has 3 heterocycles. The van der Waals surface area contributed by atoms with Crippen LogP contribution in [0, 0.1) is 28.8 Å². The van der Waals surface area contributed by atoms with E-state index in [-0.39, 0.29) is 58.2 Å². The molecule has 1 amide bonds. The van der Waals surface area contributed by atoms with Crippen LogP contribution in [0.5, 0.6) is 11.5 Å². The lowest BCUT2D eigenvalue weighted by molar-refractivity contribution is -0.127. The number of aromatic nitrogens is 4. The minimum atomic E-state index is -1.19. The van der Waals surface area contributed by atoms with Gasteiger partial charge in [0.25, 0.3) is 5.91 Å². The third-order valence-electron chi connectivity index (χ3n) is 8.01. The molecule has 44 heavy (non-hydrogen) atoms. The number of hydrogen-bond donors (Lipinski definition) is 2. The Morgan fingerprint density at radius 2 is 2.05 bits per heavy atom. The molecule has 1 saturated heterocycles. The molecule has 0 unspecified atom stereocenters. The number of halogens is 3. The number of nitriles is 1. The van der Waals surface area contributed by atoms with Crippen molar-refractivity contribution in [3.8, 4) is 28.8 Å². The van der Waals surface area contributed by atoms with E-state index in [0.717, 1.165) is 37.9 Å². The third kappa shape index (κ3) is 5.44. The number of likely N-dealkylation sites (N-methyl/N-ethyl adjacent to an activating group) is 1. The maximum absolute atomic E-state index is 15.5. The Balaban J connectivity index is 1.30. The summed E-state index contributed by atoms with van der Waals surface area (Å²) in [5.41, 5.74) is 6.61. The van der Waals surface area contributed by atoms with Gasteiger partial charge < -0.3 is 20.7 Å². The molecule has 0 spiro atoms. The number of nitrogen functional groups attached to an aromatic ring is 1. The Morgan fingerprint density at radius 1 is 1.23 bits per heavy atom. The van der Waals surface area contributed by atoms with Crippen LogP contribution in [0.15, 0.2) is 54.4 Å². The second-order valence-electron chi connectivity index (χ2n) is 10.9. The van der Waals surface area contributed by atoms with Gasteiger partial charge in [0.05, 0.1) is 18.0 Å². The second-order valence-corrected chi connectivity index (χ2v) is 10.9. The normalized spacial score (nSPS) is 17.6. The zero-order chi connectivity index (χ0) is 31.0. The Bertz CT molecular complexity index is 1830. The monoisotopic (exact) mass is 602 g/mol. The van der Waals surface area contributed by atoms with E-state index in [4.69, 9.17) is 10.5 Å². The van der Waals surface area contributed by atoms with E-state index in [1.54, 1.807) is 15.7 Å². The lowest BCUT2D eigenvalue weighted by Crippen LogP contribution is -2.40. The molecule has 3 N–H and O–H groups in total. The molecular weight excluding hydrogens is 573 g/mol. The Morgan fingerprint density at radius 3 is 2.77 bits per heavy atom. The summed E-state index contributed by atoms with van der Waals surface area (Å²) in [6.45, 7) is 3.44. The number of ether oxygens (including phenoxy) is 1. The number of hydrogen-bond acceptors (Lipinski definition) is 8. The summed E-state index contributed by atoms with van der Waals surface area (Å²) in [4.78, 5) is 23.6. The van der Waals surface area contributed by atoms with Crippen LogP contribution < -0.4 is 15.8 Å². The van der Waals surface area contributed by atoms with Crippen LogP contribution in [0.3, 0.4) is 0 Å². The fourth-order valence-electron chi connectivity index (χ4n) is 5.71. The van der Waals surface area contributed by atoms with E-state index >= 15 is 4.39 Å². The highest BCUT2D eigenvalue weighted by Gasteiger charge is 2.42. The molecule has 1 saturated carbocycles. The number of anilines is 1. The van der Waals surface area contributed by atoms with Crippen LogP contribution in [0.4, 0.5) is 19.0 Å². The standard InChI is InChI=1S/C31H29F3N8O2/c1-2-39-31(10-11-31)14-18(15-35)30(43)41-12-4-5-19(41)16-42-29-25(28(36)37-17-38-29)27(40-42)21-9-8-20(13-23(21)33)44-24-7-3-6-22(32)26(24)34/h3,6-9,13-14,17,19,39H,2,4-5,10-12,16H2,1H3,(H2,36,37,38)/t19-/m0/s1. The maximum Gasteiger partial charge on any atom is 0.264 e. The molecule has 226 valence electrons. The maximum atomic E-state index is 15.5. The van der Waals surface area contributed by atoms with E-state index in [9.17, 15) is 18.8 Å². The second kappa shape index (κ2) is 11.6. The third-order valence-corrected chi connectivity index (χ3v) is 8.01. The van der Waals surface area contributed by atoms with Crippen molar-refractivity contribution in [2.45, 2.75) is 50.7 Å². The fourth-order valence-corrected chi connectivity index (χ4v) is 5.71. The van der Waals surface area contributed by atoms with Crippen molar-refractivity contribution in [3.63, 3.8) is 0 Å². The van der Waals surface area contributed by atoms with Gasteiger partial charge in [-0.1, -0.05) is 13.0 Å². The summed E-state index contributed by atoms with van der Waals surface area (Å²) in [6.07, 6.45) is 6.21. The predicted molar refractivity (Wildman–Crippen MR) is 156 cm³/mol. The van der Waals surface area contributed by atoms with Gasteiger partial charge in [-0.05, 0) is 62.6 Å².